The minimum absolute atomic E-state index is 0.290. The fourth-order valence-electron chi connectivity index (χ4n) is 2.47. The number of imidazole rings is 1. The lowest BCUT2D eigenvalue weighted by Gasteiger charge is -2.10. The van der Waals surface area contributed by atoms with E-state index in [1.165, 1.54) is 5.56 Å². The summed E-state index contributed by atoms with van der Waals surface area (Å²) in [7, 11) is 0. The summed E-state index contributed by atoms with van der Waals surface area (Å²) in [6.45, 7) is 2.73. The Balaban J connectivity index is 1.72. The number of hydrogen-bond acceptors (Lipinski definition) is 5. The number of fused-ring (bicyclic) bond motifs is 2. The molecule has 106 valence electrons. The van der Waals surface area contributed by atoms with E-state index in [0.29, 0.717) is 17.1 Å². The van der Waals surface area contributed by atoms with Gasteiger partial charge in [0.15, 0.2) is 5.65 Å². The Labute approximate surface area is 119 Å². The SMILES string of the molecule is Cc1cc2c(cc1Nc1ncc3[nH]c(=O)[nH]c3n1)CCO2. The number of aryl methyl sites for hydroxylation is 1. The standard InChI is InChI=1S/C14H13N5O2/c1-7-4-11-8(2-3-21-11)5-9(7)16-13-15-6-10-12(18-13)19-14(20)17-10/h4-6H,2-3H2,1H3,(H3,15,16,17,18,19,20). The molecule has 0 spiro atoms. The largest absolute Gasteiger partial charge is 0.493 e. The summed E-state index contributed by atoms with van der Waals surface area (Å²) in [5, 5.41) is 3.19. The zero-order chi connectivity index (χ0) is 14.4. The molecular formula is C14H13N5O2. The van der Waals surface area contributed by atoms with Crippen LogP contribution >= 0.6 is 0 Å². The molecule has 0 fully saturated rings. The van der Waals surface area contributed by atoms with E-state index in [-0.39, 0.29) is 5.69 Å². The molecular weight excluding hydrogens is 270 g/mol. The maximum Gasteiger partial charge on any atom is 0.325 e. The first kappa shape index (κ1) is 12.0. The van der Waals surface area contributed by atoms with Gasteiger partial charge in [0, 0.05) is 12.1 Å². The number of rotatable bonds is 2. The van der Waals surface area contributed by atoms with Gasteiger partial charge in [0.2, 0.25) is 5.95 Å². The maximum absolute atomic E-state index is 11.2. The molecule has 0 aliphatic carbocycles. The van der Waals surface area contributed by atoms with Gasteiger partial charge < -0.3 is 15.0 Å². The van der Waals surface area contributed by atoms with E-state index < -0.39 is 0 Å². The lowest BCUT2D eigenvalue weighted by atomic mass is 10.1. The summed E-state index contributed by atoms with van der Waals surface area (Å²) in [6, 6.07) is 4.08. The van der Waals surface area contributed by atoms with Crippen molar-refractivity contribution in [2.45, 2.75) is 13.3 Å². The second kappa shape index (κ2) is 4.34. The highest BCUT2D eigenvalue weighted by Gasteiger charge is 2.15. The number of H-pyrrole nitrogens is 2. The Bertz CT molecular complexity index is 896. The van der Waals surface area contributed by atoms with Crippen LogP contribution in [0.2, 0.25) is 0 Å². The first-order chi connectivity index (χ1) is 10.2. The van der Waals surface area contributed by atoms with Gasteiger partial charge in [-0.15, -0.1) is 0 Å². The van der Waals surface area contributed by atoms with Crippen LogP contribution in [0.5, 0.6) is 5.75 Å². The van der Waals surface area contributed by atoms with Crippen LogP contribution < -0.4 is 15.7 Å². The van der Waals surface area contributed by atoms with Crippen molar-refractivity contribution in [1.82, 2.24) is 19.9 Å². The van der Waals surface area contributed by atoms with Crippen LogP contribution in [0.25, 0.3) is 11.2 Å². The molecule has 0 amide bonds. The van der Waals surface area contributed by atoms with Gasteiger partial charge >= 0.3 is 5.69 Å². The third kappa shape index (κ3) is 2.03. The van der Waals surface area contributed by atoms with E-state index in [0.717, 1.165) is 30.0 Å². The van der Waals surface area contributed by atoms with Gasteiger partial charge in [-0.1, -0.05) is 0 Å². The van der Waals surface area contributed by atoms with Crippen molar-refractivity contribution in [2.24, 2.45) is 0 Å². The summed E-state index contributed by atoms with van der Waals surface area (Å²) in [5.41, 5.74) is 3.96. The van der Waals surface area contributed by atoms with Crippen molar-refractivity contribution in [3.8, 4) is 5.75 Å². The number of aromatic nitrogens is 4. The van der Waals surface area contributed by atoms with Crippen LogP contribution in [0.3, 0.4) is 0 Å². The predicted octanol–water partition coefficient (Wildman–Crippen LogP) is 1.63. The number of aromatic amines is 2. The molecule has 0 saturated carbocycles. The molecule has 1 aliphatic heterocycles. The van der Waals surface area contributed by atoms with Gasteiger partial charge in [-0.3, -0.25) is 4.98 Å². The van der Waals surface area contributed by atoms with Crippen molar-refractivity contribution in [2.75, 3.05) is 11.9 Å². The number of nitrogens with one attached hydrogen (secondary N) is 3. The van der Waals surface area contributed by atoms with Crippen LogP contribution in [0.4, 0.5) is 11.6 Å². The van der Waals surface area contributed by atoms with Crippen molar-refractivity contribution in [3.63, 3.8) is 0 Å². The Hall–Kier alpha value is -2.83. The Morgan fingerprint density at radius 2 is 2.24 bits per heavy atom. The molecule has 7 heteroatoms. The summed E-state index contributed by atoms with van der Waals surface area (Å²) < 4.78 is 5.54. The minimum Gasteiger partial charge on any atom is -0.493 e. The highest BCUT2D eigenvalue weighted by molar-refractivity contribution is 5.71. The first-order valence-corrected chi connectivity index (χ1v) is 6.67. The fourth-order valence-corrected chi connectivity index (χ4v) is 2.47. The lowest BCUT2D eigenvalue weighted by molar-refractivity contribution is 0.356. The number of nitrogens with zero attached hydrogens (tertiary/aromatic N) is 2. The molecule has 0 bridgehead atoms. The van der Waals surface area contributed by atoms with Crippen LogP contribution in [-0.2, 0) is 6.42 Å². The van der Waals surface area contributed by atoms with Crippen molar-refractivity contribution < 1.29 is 4.74 Å². The average Bonchev–Trinajstić information content (AvgIpc) is 3.03. The predicted molar refractivity (Wildman–Crippen MR) is 78.2 cm³/mol. The van der Waals surface area contributed by atoms with Crippen LogP contribution in [-0.4, -0.2) is 26.5 Å². The second-order valence-electron chi connectivity index (χ2n) is 5.03. The van der Waals surface area contributed by atoms with Crippen LogP contribution in [0.15, 0.2) is 23.1 Å². The summed E-state index contributed by atoms with van der Waals surface area (Å²) in [5.74, 6) is 1.39. The minimum atomic E-state index is -0.290. The highest BCUT2D eigenvalue weighted by atomic mass is 16.5. The molecule has 4 rings (SSSR count). The number of benzene rings is 1. The van der Waals surface area contributed by atoms with Gasteiger partial charge in [0.1, 0.15) is 11.3 Å². The molecule has 2 aromatic heterocycles. The lowest BCUT2D eigenvalue weighted by Crippen LogP contribution is -2.00. The average molecular weight is 283 g/mol. The fraction of sp³-hybridized carbons (Fsp3) is 0.214. The van der Waals surface area contributed by atoms with Crippen molar-refractivity contribution in [1.29, 1.82) is 0 Å². The van der Waals surface area contributed by atoms with E-state index in [2.05, 4.69) is 31.3 Å². The topological polar surface area (TPSA) is 95.7 Å². The number of hydrogen-bond donors (Lipinski definition) is 3. The van der Waals surface area contributed by atoms with E-state index in [9.17, 15) is 4.79 Å². The molecule has 0 saturated heterocycles. The Morgan fingerprint density at radius 3 is 3.14 bits per heavy atom. The smallest absolute Gasteiger partial charge is 0.325 e. The molecule has 3 N–H and O–H groups in total. The molecule has 3 heterocycles. The normalized spacial score (nSPS) is 13.2. The molecule has 0 unspecified atom stereocenters. The van der Waals surface area contributed by atoms with Gasteiger partial charge in [0.25, 0.3) is 0 Å². The van der Waals surface area contributed by atoms with Gasteiger partial charge in [-0.2, -0.15) is 4.98 Å². The number of ether oxygens (including phenoxy) is 1. The Morgan fingerprint density at radius 1 is 1.33 bits per heavy atom. The van der Waals surface area contributed by atoms with Gasteiger partial charge in [-0.05, 0) is 30.2 Å². The van der Waals surface area contributed by atoms with Crippen LogP contribution in [0, 0.1) is 6.92 Å². The van der Waals surface area contributed by atoms with E-state index in [4.69, 9.17) is 4.74 Å². The van der Waals surface area contributed by atoms with Gasteiger partial charge in [0.05, 0.1) is 12.8 Å². The third-order valence-corrected chi connectivity index (χ3v) is 3.55. The quantitative estimate of drug-likeness (QED) is 0.664. The van der Waals surface area contributed by atoms with Crippen molar-refractivity contribution >= 4 is 22.8 Å². The van der Waals surface area contributed by atoms with E-state index in [1.54, 1.807) is 6.20 Å². The summed E-state index contributed by atoms with van der Waals surface area (Å²) in [4.78, 5) is 25.0. The van der Waals surface area contributed by atoms with E-state index >= 15 is 0 Å². The zero-order valence-electron chi connectivity index (χ0n) is 11.4. The molecule has 0 radical (unpaired) electrons. The molecule has 3 aromatic rings. The molecule has 21 heavy (non-hydrogen) atoms. The zero-order valence-corrected chi connectivity index (χ0v) is 11.4. The molecule has 1 aromatic carbocycles. The third-order valence-electron chi connectivity index (χ3n) is 3.55. The number of anilines is 2. The first-order valence-electron chi connectivity index (χ1n) is 6.67. The highest BCUT2D eigenvalue weighted by Crippen LogP contribution is 2.31. The summed E-state index contributed by atoms with van der Waals surface area (Å²) in [6.07, 6.45) is 2.49. The van der Waals surface area contributed by atoms with Gasteiger partial charge in [-0.25, -0.2) is 9.78 Å². The van der Waals surface area contributed by atoms with Crippen LogP contribution in [0.1, 0.15) is 11.1 Å². The Kier molecular flexibility index (Phi) is 2.47. The van der Waals surface area contributed by atoms with Crippen molar-refractivity contribution in [3.05, 3.63) is 39.9 Å². The maximum atomic E-state index is 11.2. The molecule has 7 nitrogen and oxygen atoms in total. The monoisotopic (exact) mass is 283 g/mol. The van der Waals surface area contributed by atoms with E-state index in [1.807, 2.05) is 13.0 Å². The molecule has 0 atom stereocenters. The summed E-state index contributed by atoms with van der Waals surface area (Å²) >= 11 is 0. The second-order valence-corrected chi connectivity index (χ2v) is 5.03. The molecule has 1 aliphatic rings.